The maximum absolute atomic E-state index is 12.7. The SMILES string of the molecule is COc1ccc2c(c1)CC(C(=O)N1CC(OCc3nc(C)no3)C1)CO2. The normalized spacial score (nSPS) is 19.5. The van der Waals surface area contributed by atoms with E-state index in [-0.39, 0.29) is 24.5 Å². The first-order chi connectivity index (χ1) is 12.6. The van der Waals surface area contributed by atoms with Crippen LogP contribution in [-0.4, -0.2) is 53.9 Å². The molecule has 0 radical (unpaired) electrons. The maximum atomic E-state index is 12.7. The van der Waals surface area contributed by atoms with Gasteiger partial charge in [-0.2, -0.15) is 4.98 Å². The Hall–Kier alpha value is -2.61. The summed E-state index contributed by atoms with van der Waals surface area (Å²) in [6.07, 6.45) is 0.664. The minimum Gasteiger partial charge on any atom is -0.497 e. The topological polar surface area (TPSA) is 86.9 Å². The molecule has 8 heteroatoms. The highest BCUT2D eigenvalue weighted by Gasteiger charge is 2.37. The number of benzene rings is 1. The molecule has 0 aliphatic carbocycles. The third kappa shape index (κ3) is 3.37. The van der Waals surface area contributed by atoms with Gasteiger partial charge in [0.25, 0.3) is 5.89 Å². The highest BCUT2D eigenvalue weighted by atomic mass is 16.5. The smallest absolute Gasteiger partial charge is 0.252 e. The molecule has 1 unspecified atom stereocenters. The molecule has 0 saturated carbocycles. The molecule has 0 bridgehead atoms. The molecule has 26 heavy (non-hydrogen) atoms. The predicted molar refractivity (Wildman–Crippen MR) is 89.9 cm³/mol. The standard InChI is InChI=1S/C18H21N3O5/c1-11-19-17(26-20-11)10-24-15-7-21(8-15)18(22)13-5-12-6-14(23-2)3-4-16(12)25-9-13/h3-4,6,13,15H,5,7-10H2,1-2H3. The van der Waals surface area contributed by atoms with Gasteiger partial charge in [-0.1, -0.05) is 5.16 Å². The summed E-state index contributed by atoms with van der Waals surface area (Å²) in [5, 5.41) is 3.72. The predicted octanol–water partition coefficient (Wildman–Crippen LogP) is 1.37. The number of carbonyl (C=O) groups excluding carboxylic acids is 1. The molecule has 4 rings (SSSR count). The third-order valence-electron chi connectivity index (χ3n) is 4.70. The number of rotatable bonds is 5. The fraction of sp³-hybridized carbons (Fsp3) is 0.500. The van der Waals surface area contributed by atoms with Crippen molar-refractivity contribution in [3.63, 3.8) is 0 Å². The van der Waals surface area contributed by atoms with Crippen LogP contribution in [0, 0.1) is 12.8 Å². The molecule has 0 spiro atoms. The van der Waals surface area contributed by atoms with E-state index in [1.807, 2.05) is 23.1 Å². The van der Waals surface area contributed by atoms with Crippen molar-refractivity contribution >= 4 is 5.91 Å². The zero-order valence-corrected chi connectivity index (χ0v) is 14.8. The second-order valence-corrected chi connectivity index (χ2v) is 6.60. The monoisotopic (exact) mass is 359 g/mol. The molecule has 1 aromatic heterocycles. The van der Waals surface area contributed by atoms with Gasteiger partial charge in [0.2, 0.25) is 5.91 Å². The van der Waals surface area contributed by atoms with E-state index in [9.17, 15) is 4.79 Å². The van der Waals surface area contributed by atoms with Crippen LogP contribution < -0.4 is 9.47 Å². The summed E-state index contributed by atoms with van der Waals surface area (Å²) in [6, 6.07) is 5.69. The van der Waals surface area contributed by atoms with Crippen LogP contribution in [0.4, 0.5) is 0 Å². The number of likely N-dealkylation sites (tertiary alicyclic amines) is 1. The summed E-state index contributed by atoms with van der Waals surface area (Å²) in [6.45, 7) is 3.59. The molecule has 8 nitrogen and oxygen atoms in total. The van der Waals surface area contributed by atoms with Crippen molar-refractivity contribution in [2.45, 2.75) is 26.1 Å². The number of fused-ring (bicyclic) bond motifs is 1. The number of ether oxygens (including phenoxy) is 3. The van der Waals surface area contributed by atoms with E-state index in [1.54, 1.807) is 14.0 Å². The van der Waals surface area contributed by atoms with Crippen LogP contribution in [0.2, 0.25) is 0 Å². The van der Waals surface area contributed by atoms with Crippen LogP contribution in [0.5, 0.6) is 11.5 Å². The Kier molecular flexibility index (Phi) is 4.50. The van der Waals surface area contributed by atoms with E-state index in [4.69, 9.17) is 18.7 Å². The van der Waals surface area contributed by atoms with E-state index in [1.165, 1.54) is 0 Å². The minimum absolute atomic E-state index is 0.00282. The number of nitrogens with zero attached hydrogens (tertiary/aromatic N) is 3. The van der Waals surface area contributed by atoms with Gasteiger partial charge >= 0.3 is 0 Å². The van der Waals surface area contributed by atoms with Gasteiger partial charge in [0.1, 0.15) is 24.7 Å². The summed E-state index contributed by atoms with van der Waals surface area (Å²) < 4.78 is 21.7. The molecule has 138 valence electrons. The summed E-state index contributed by atoms with van der Waals surface area (Å²) in [5.41, 5.74) is 1.01. The maximum Gasteiger partial charge on any atom is 0.252 e. The summed E-state index contributed by atoms with van der Waals surface area (Å²) >= 11 is 0. The Balaban J connectivity index is 1.28. The lowest BCUT2D eigenvalue weighted by Gasteiger charge is -2.41. The van der Waals surface area contributed by atoms with Gasteiger partial charge in [-0.15, -0.1) is 0 Å². The number of hydrogen-bond acceptors (Lipinski definition) is 7. The van der Waals surface area contributed by atoms with Gasteiger partial charge in [0.15, 0.2) is 5.82 Å². The average molecular weight is 359 g/mol. The first-order valence-corrected chi connectivity index (χ1v) is 8.61. The van der Waals surface area contributed by atoms with E-state index < -0.39 is 0 Å². The second kappa shape index (κ2) is 6.95. The van der Waals surface area contributed by atoms with Crippen molar-refractivity contribution in [1.82, 2.24) is 15.0 Å². The van der Waals surface area contributed by atoms with E-state index in [2.05, 4.69) is 10.1 Å². The van der Waals surface area contributed by atoms with Crippen LogP contribution in [0.25, 0.3) is 0 Å². The van der Waals surface area contributed by atoms with Gasteiger partial charge in [-0.3, -0.25) is 4.79 Å². The second-order valence-electron chi connectivity index (χ2n) is 6.60. The molecule has 2 aromatic rings. The molecule has 1 atom stereocenters. The molecule has 0 N–H and O–H groups in total. The first-order valence-electron chi connectivity index (χ1n) is 8.61. The van der Waals surface area contributed by atoms with Crippen molar-refractivity contribution in [2.75, 3.05) is 26.8 Å². The van der Waals surface area contributed by atoms with Crippen LogP contribution in [-0.2, 0) is 22.6 Å². The number of hydrogen-bond donors (Lipinski definition) is 0. The van der Waals surface area contributed by atoms with Gasteiger partial charge in [0, 0.05) is 13.1 Å². The minimum atomic E-state index is -0.172. The Morgan fingerprint density at radius 2 is 2.23 bits per heavy atom. The average Bonchev–Trinajstić information content (AvgIpc) is 3.04. The van der Waals surface area contributed by atoms with Crippen LogP contribution in [0.15, 0.2) is 22.7 Å². The van der Waals surface area contributed by atoms with Crippen molar-refractivity contribution in [3.05, 3.63) is 35.5 Å². The van der Waals surface area contributed by atoms with Gasteiger partial charge < -0.3 is 23.6 Å². The number of amides is 1. The largest absolute Gasteiger partial charge is 0.497 e. The highest BCUT2D eigenvalue weighted by molar-refractivity contribution is 5.80. The lowest BCUT2D eigenvalue weighted by molar-refractivity contribution is -0.152. The summed E-state index contributed by atoms with van der Waals surface area (Å²) in [4.78, 5) is 18.6. The van der Waals surface area contributed by atoms with E-state index in [0.717, 1.165) is 17.1 Å². The molecule has 1 fully saturated rings. The Morgan fingerprint density at radius 3 is 2.96 bits per heavy atom. The lowest BCUT2D eigenvalue weighted by atomic mass is 9.94. The van der Waals surface area contributed by atoms with Gasteiger partial charge in [0.05, 0.1) is 19.1 Å². The van der Waals surface area contributed by atoms with Crippen molar-refractivity contribution < 1.29 is 23.5 Å². The third-order valence-corrected chi connectivity index (χ3v) is 4.70. The van der Waals surface area contributed by atoms with Crippen LogP contribution >= 0.6 is 0 Å². The molecule has 1 saturated heterocycles. The number of aryl methyl sites for hydroxylation is 1. The highest BCUT2D eigenvalue weighted by Crippen LogP contribution is 2.32. The fourth-order valence-electron chi connectivity index (χ4n) is 3.23. The molecule has 2 aliphatic rings. The number of aromatic nitrogens is 2. The Labute approximate surface area is 151 Å². The van der Waals surface area contributed by atoms with Crippen molar-refractivity contribution in [2.24, 2.45) is 5.92 Å². The Bertz CT molecular complexity index is 800. The quantitative estimate of drug-likeness (QED) is 0.797. The molecular weight excluding hydrogens is 338 g/mol. The van der Waals surface area contributed by atoms with Gasteiger partial charge in [-0.05, 0) is 37.1 Å². The molecular formula is C18H21N3O5. The molecule has 1 aromatic carbocycles. The van der Waals surface area contributed by atoms with Crippen LogP contribution in [0.3, 0.4) is 0 Å². The van der Waals surface area contributed by atoms with E-state index >= 15 is 0 Å². The number of carbonyl (C=O) groups is 1. The van der Waals surface area contributed by atoms with E-state index in [0.29, 0.717) is 37.8 Å². The summed E-state index contributed by atoms with van der Waals surface area (Å²) in [7, 11) is 1.63. The Morgan fingerprint density at radius 1 is 1.38 bits per heavy atom. The van der Waals surface area contributed by atoms with Crippen LogP contribution in [0.1, 0.15) is 17.3 Å². The lowest BCUT2D eigenvalue weighted by Crippen LogP contribution is -2.57. The molecule has 2 aliphatic heterocycles. The first kappa shape index (κ1) is 16.8. The zero-order valence-electron chi connectivity index (χ0n) is 14.8. The molecule has 3 heterocycles. The number of methoxy groups -OCH3 is 1. The van der Waals surface area contributed by atoms with Crippen molar-refractivity contribution in [1.29, 1.82) is 0 Å². The van der Waals surface area contributed by atoms with Crippen molar-refractivity contribution in [3.8, 4) is 11.5 Å². The van der Waals surface area contributed by atoms with Gasteiger partial charge in [-0.25, -0.2) is 0 Å². The molecule has 1 amide bonds. The zero-order chi connectivity index (χ0) is 18.1. The summed E-state index contributed by atoms with van der Waals surface area (Å²) in [5.74, 6) is 2.58. The fourth-order valence-corrected chi connectivity index (χ4v) is 3.23.